The highest BCUT2D eigenvalue weighted by Crippen LogP contribution is 2.23. The summed E-state index contributed by atoms with van der Waals surface area (Å²) in [5.74, 6) is -0.237. The number of benzene rings is 1. The summed E-state index contributed by atoms with van der Waals surface area (Å²) in [4.78, 5) is 0. The normalized spacial score (nSPS) is 12.4. The van der Waals surface area contributed by atoms with E-state index in [4.69, 9.17) is 4.74 Å². The second kappa shape index (κ2) is 5.29. The Morgan fingerprint density at radius 1 is 1.41 bits per heavy atom. The Kier molecular flexibility index (Phi) is 3.76. The molecule has 2 aromatic rings. The lowest BCUT2D eigenvalue weighted by molar-refractivity contribution is 0.198. The first kappa shape index (κ1) is 12.1. The Hall–Kier alpha value is -1.39. The van der Waals surface area contributed by atoms with Crippen molar-refractivity contribution in [3.63, 3.8) is 0 Å². The van der Waals surface area contributed by atoms with Crippen molar-refractivity contribution in [1.82, 2.24) is 0 Å². The van der Waals surface area contributed by atoms with Gasteiger partial charge in [0, 0.05) is 0 Å². The van der Waals surface area contributed by atoms with Crippen LogP contribution in [0.4, 0.5) is 4.39 Å². The van der Waals surface area contributed by atoms with Gasteiger partial charge in [0.2, 0.25) is 0 Å². The number of thiophene rings is 1. The summed E-state index contributed by atoms with van der Waals surface area (Å²) in [7, 11) is 0. The van der Waals surface area contributed by atoms with Crippen LogP contribution in [0, 0.1) is 5.82 Å². The molecule has 1 atom stereocenters. The highest BCUT2D eigenvalue weighted by molar-refractivity contribution is 7.07. The molecule has 0 unspecified atom stereocenters. The van der Waals surface area contributed by atoms with Gasteiger partial charge >= 0.3 is 0 Å². The molecule has 1 aromatic carbocycles. The topological polar surface area (TPSA) is 29.5 Å². The van der Waals surface area contributed by atoms with Crippen LogP contribution in [0.1, 0.15) is 24.2 Å². The van der Waals surface area contributed by atoms with E-state index in [-0.39, 0.29) is 5.75 Å². The molecule has 4 heteroatoms. The SMILES string of the molecule is C[C@@H](O)c1ccc(OCc2ccsc2)c(F)c1. The standard InChI is InChI=1S/C13H13FO2S/c1-9(15)11-2-3-13(12(14)6-11)16-7-10-4-5-17-8-10/h2-6,8-9,15H,7H2,1H3/t9-/m1/s1. The first-order chi connectivity index (χ1) is 8.16. The van der Waals surface area contributed by atoms with Gasteiger partial charge in [0.05, 0.1) is 6.10 Å². The van der Waals surface area contributed by atoms with Crippen LogP contribution in [0.3, 0.4) is 0 Å². The lowest BCUT2D eigenvalue weighted by Gasteiger charge is -2.09. The predicted molar refractivity (Wildman–Crippen MR) is 65.7 cm³/mol. The predicted octanol–water partition coefficient (Wildman–Crippen LogP) is 3.52. The molecule has 0 saturated heterocycles. The minimum atomic E-state index is -0.671. The summed E-state index contributed by atoms with van der Waals surface area (Å²) in [6.45, 7) is 1.95. The molecule has 0 amide bonds. The second-order valence-electron chi connectivity index (χ2n) is 3.79. The largest absolute Gasteiger partial charge is 0.486 e. The lowest BCUT2D eigenvalue weighted by Crippen LogP contribution is -1.98. The molecule has 0 spiro atoms. The van der Waals surface area contributed by atoms with E-state index in [1.807, 2.05) is 16.8 Å². The zero-order valence-corrected chi connectivity index (χ0v) is 10.2. The van der Waals surface area contributed by atoms with Crippen LogP contribution < -0.4 is 4.74 Å². The number of hydrogen-bond acceptors (Lipinski definition) is 3. The summed E-state index contributed by atoms with van der Waals surface area (Å²) >= 11 is 1.58. The van der Waals surface area contributed by atoms with Crippen molar-refractivity contribution in [2.75, 3.05) is 0 Å². The van der Waals surface area contributed by atoms with Gasteiger partial charge in [0.1, 0.15) is 6.61 Å². The number of rotatable bonds is 4. The van der Waals surface area contributed by atoms with Crippen molar-refractivity contribution in [3.05, 3.63) is 52.0 Å². The van der Waals surface area contributed by atoms with Crippen molar-refractivity contribution in [2.24, 2.45) is 0 Å². The first-order valence-corrected chi connectivity index (χ1v) is 6.22. The fraction of sp³-hybridized carbons (Fsp3) is 0.231. The van der Waals surface area contributed by atoms with Crippen molar-refractivity contribution in [2.45, 2.75) is 19.6 Å². The Bertz CT molecular complexity index is 480. The molecule has 0 saturated carbocycles. The van der Waals surface area contributed by atoms with E-state index in [0.29, 0.717) is 12.2 Å². The highest BCUT2D eigenvalue weighted by Gasteiger charge is 2.08. The fourth-order valence-corrected chi connectivity index (χ4v) is 2.08. The summed E-state index contributed by atoms with van der Waals surface area (Å²) in [5.41, 5.74) is 1.57. The zero-order chi connectivity index (χ0) is 12.3. The number of hydrogen-bond donors (Lipinski definition) is 1. The minimum absolute atomic E-state index is 0.209. The lowest BCUT2D eigenvalue weighted by atomic mass is 10.1. The van der Waals surface area contributed by atoms with E-state index >= 15 is 0 Å². The fourth-order valence-electron chi connectivity index (χ4n) is 1.43. The van der Waals surface area contributed by atoms with Gasteiger partial charge in [-0.25, -0.2) is 4.39 Å². The molecule has 90 valence electrons. The van der Waals surface area contributed by atoms with Crippen molar-refractivity contribution in [1.29, 1.82) is 0 Å². The molecular weight excluding hydrogens is 239 g/mol. The Balaban J connectivity index is 2.06. The van der Waals surface area contributed by atoms with E-state index in [1.54, 1.807) is 30.4 Å². The van der Waals surface area contributed by atoms with Gasteiger partial charge < -0.3 is 9.84 Å². The molecule has 2 nitrogen and oxygen atoms in total. The molecule has 1 heterocycles. The molecule has 17 heavy (non-hydrogen) atoms. The van der Waals surface area contributed by atoms with Crippen LogP contribution in [-0.2, 0) is 6.61 Å². The van der Waals surface area contributed by atoms with E-state index in [9.17, 15) is 9.50 Å². The molecular formula is C13H13FO2S. The number of aliphatic hydroxyl groups is 1. The Morgan fingerprint density at radius 2 is 2.24 bits per heavy atom. The summed E-state index contributed by atoms with van der Waals surface area (Å²) in [6, 6.07) is 6.45. The molecule has 2 rings (SSSR count). The molecule has 1 aromatic heterocycles. The third-order valence-electron chi connectivity index (χ3n) is 2.41. The van der Waals surface area contributed by atoms with Crippen LogP contribution in [0.15, 0.2) is 35.0 Å². The third-order valence-corrected chi connectivity index (χ3v) is 3.14. The first-order valence-electron chi connectivity index (χ1n) is 5.28. The van der Waals surface area contributed by atoms with E-state index < -0.39 is 11.9 Å². The van der Waals surface area contributed by atoms with Gasteiger partial charge in [-0.05, 0) is 47.0 Å². The van der Waals surface area contributed by atoms with E-state index in [2.05, 4.69) is 0 Å². The molecule has 1 N–H and O–H groups in total. The highest BCUT2D eigenvalue weighted by atomic mass is 32.1. The van der Waals surface area contributed by atoms with Crippen LogP contribution in [0.5, 0.6) is 5.75 Å². The number of ether oxygens (including phenoxy) is 1. The molecule has 0 aliphatic carbocycles. The molecule has 0 radical (unpaired) electrons. The average molecular weight is 252 g/mol. The molecule has 0 fully saturated rings. The van der Waals surface area contributed by atoms with Crippen LogP contribution in [-0.4, -0.2) is 5.11 Å². The van der Waals surface area contributed by atoms with Gasteiger partial charge in [-0.15, -0.1) is 0 Å². The molecule has 0 aliphatic rings. The Labute approximate surface area is 103 Å². The molecule has 0 bridgehead atoms. The maximum atomic E-state index is 13.6. The van der Waals surface area contributed by atoms with Crippen LogP contribution >= 0.6 is 11.3 Å². The van der Waals surface area contributed by atoms with E-state index in [0.717, 1.165) is 5.56 Å². The van der Waals surface area contributed by atoms with Crippen molar-refractivity contribution >= 4 is 11.3 Å². The maximum Gasteiger partial charge on any atom is 0.165 e. The monoisotopic (exact) mass is 252 g/mol. The summed E-state index contributed by atoms with van der Waals surface area (Å²) in [6.07, 6.45) is -0.671. The van der Waals surface area contributed by atoms with Crippen LogP contribution in [0.25, 0.3) is 0 Å². The van der Waals surface area contributed by atoms with Crippen molar-refractivity contribution < 1.29 is 14.2 Å². The summed E-state index contributed by atoms with van der Waals surface area (Å²) < 4.78 is 19.0. The van der Waals surface area contributed by atoms with Gasteiger partial charge in [-0.2, -0.15) is 11.3 Å². The smallest absolute Gasteiger partial charge is 0.165 e. The van der Waals surface area contributed by atoms with Gasteiger partial charge in [-0.1, -0.05) is 6.07 Å². The summed E-state index contributed by atoms with van der Waals surface area (Å²) in [5, 5.41) is 13.2. The second-order valence-corrected chi connectivity index (χ2v) is 4.57. The van der Waals surface area contributed by atoms with Crippen LogP contribution in [0.2, 0.25) is 0 Å². The van der Waals surface area contributed by atoms with Gasteiger partial charge in [0.25, 0.3) is 0 Å². The number of halogens is 1. The zero-order valence-electron chi connectivity index (χ0n) is 9.39. The van der Waals surface area contributed by atoms with Crippen molar-refractivity contribution in [3.8, 4) is 5.75 Å². The quantitative estimate of drug-likeness (QED) is 0.902. The molecule has 0 aliphatic heterocycles. The Morgan fingerprint density at radius 3 is 2.82 bits per heavy atom. The van der Waals surface area contributed by atoms with Gasteiger partial charge in [0.15, 0.2) is 11.6 Å². The maximum absolute atomic E-state index is 13.6. The average Bonchev–Trinajstić information content (AvgIpc) is 2.80. The van der Waals surface area contributed by atoms with Gasteiger partial charge in [-0.3, -0.25) is 0 Å². The minimum Gasteiger partial charge on any atom is -0.486 e. The third kappa shape index (κ3) is 3.05. The number of aliphatic hydroxyl groups excluding tert-OH is 1. The van der Waals surface area contributed by atoms with E-state index in [1.165, 1.54) is 6.07 Å².